The van der Waals surface area contributed by atoms with Crippen LogP contribution in [0, 0.1) is 0 Å². The van der Waals surface area contributed by atoms with Crippen molar-refractivity contribution in [2.45, 2.75) is 6.92 Å². The van der Waals surface area contributed by atoms with Crippen molar-refractivity contribution < 1.29 is 4.74 Å². The van der Waals surface area contributed by atoms with Gasteiger partial charge in [0.1, 0.15) is 5.75 Å². The number of benzene rings is 2. The molecule has 0 saturated heterocycles. The molecule has 0 N–H and O–H groups in total. The molecule has 0 amide bonds. The smallest absolute Gasteiger partial charge is 0.121 e. The summed E-state index contributed by atoms with van der Waals surface area (Å²) in [5.74, 6) is 0.813. The molecule has 1 heterocycles. The van der Waals surface area contributed by atoms with E-state index in [0.717, 1.165) is 27.8 Å². The number of ether oxygens (including phenoxy) is 1. The van der Waals surface area contributed by atoms with Crippen LogP contribution in [0.4, 0.5) is 0 Å². The number of hydrogen-bond donors (Lipinski definition) is 0. The quantitative estimate of drug-likeness (QED) is 0.655. The lowest BCUT2D eigenvalue weighted by atomic mass is 10.2. The molecule has 2 aromatic carbocycles. The van der Waals surface area contributed by atoms with E-state index < -0.39 is 0 Å². The van der Waals surface area contributed by atoms with Crippen LogP contribution in [0.1, 0.15) is 6.92 Å². The maximum absolute atomic E-state index is 5.95. The van der Waals surface area contributed by atoms with E-state index in [-0.39, 0.29) is 0 Å². The fourth-order valence-corrected chi connectivity index (χ4v) is 2.05. The van der Waals surface area contributed by atoms with E-state index >= 15 is 0 Å². The molecule has 3 aromatic rings. The number of hydrogen-bond acceptors (Lipinski definition) is 3. The third-order valence-corrected chi connectivity index (χ3v) is 2.91. The first-order chi connectivity index (χ1) is 8.76. The zero-order valence-electron chi connectivity index (χ0n) is 9.85. The van der Waals surface area contributed by atoms with Gasteiger partial charge < -0.3 is 4.74 Å². The van der Waals surface area contributed by atoms with Crippen molar-refractivity contribution in [1.29, 1.82) is 0 Å². The number of halogens is 1. The highest BCUT2D eigenvalue weighted by Crippen LogP contribution is 2.22. The summed E-state index contributed by atoms with van der Waals surface area (Å²) in [5, 5.41) is 0.669. The lowest BCUT2D eigenvalue weighted by Crippen LogP contribution is -1.93. The van der Waals surface area contributed by atoms with Gasteiger partial charge in [-0.1, -0.05) is 11.6 Å². The monoisotopic (exact) mass is 258 g/mol. The number of nitrogens with zero attached hydrogens (tertiary/aromatic N) is 2. The molecule has 0 spiro atoms. The highest BCUT2D eigenvalue weighted by Gasteiger charge is 2.03. The van der Waals surface area contributed by atoms with E-state index in [9.17, 15) is 0 Å². The SMILES string of the molecule is CCOc1ccc2nc3cc(Cl)ccc3nc2c1. The Morgan fingerprint density at radius 2 is 1.61 bits per heavy atom. The molecular weight excluding hydrogens is 248 g/mol. The maximum Gasteiger partial charge on any atom is 0.121 e. The van der Waals surface area contributed by atoms with Gasteiger partial charge in [-0.25, -0.2) is 9.97 Å². The van der Waals surface area contributed by atoms with Crippen molar-refractivity contribution in [3.8, 4) is 5.75 Å². The average Bonchev–Trinajstić information content (AvgIpc) is 2.37. The van der Waals surface area contributed by atoms with Crippen LogP contribution in [0.25, 0.3) is 22.1 Å². The van der Waals surface area contributed by atoms with Crippen molar-refractivity contribution >= 4 is 33.7 Å². The second-order valence-electron chi connectivity index (χ2n) is 3.94. The van der Waals surface area contributed by atoms with Gasteiger partial charge in [0.15, 0.2) is 0 Å². The Balaban J connectivity index is 2.24. The number of rotatable bonds is 2. The Kier molecular flexibility index (Phi) is 2.76. The predicted octanol–water partition coefficient (Wildman–Crippen LogP) is 3.84. The van der Waals surface area contributed by atoms with Gasteiger partial charge in [-0.2, -0.15) is 0 Å². The first kappa shape index (κ1) is 11.2. The third-order valence-electron chi connectivity index (χ3n) is 2.68. The molecule has 0 atom stereocenters. The molecular formula is C14H11ClN2O. The van der Waals surface area contributed by atoms with Crippen molar-refractivity contribution in [3.05, 3.63) is 41.4 Å². The van der Waals surface area contributed by atoms with Gasteiger partial charge in [0.05, 0.1) is 28.7 Å². The lowest BCUT2D eigenvalue weighted by molar-refractivity contribution is 0.340. The summed E-state index contributed by atoms with van der Waals surface area (Å²) in [4.78, 5) is 9.10. The van der Waals surface area contributed by atoms with Gasteiger partial charge in [-0.3, -0.25) is 0 Å². The Bertz CT molecular complexity index is 727. The topological polar surface area (TPSA) is 35.0 Å². The third kappa shape index (κ3) is 1.97. The van der Waals surface area contributed by atoms with Gasteiger partial charge in [0.25, 0.3) is 0 Å². The zero-order valence-corrected chi connectivity index (χ0v) is 10.6. The Morgan fingerprint density at radius 1 is 0.944 bits per heavy atom. The molecule has 4 heteroatoms. The second-order valence-corrected chi connectivity index (χ2v) is 4.38. The van der Waals surface area contributed by atoms with Gasteiger partial charge >= 0.3 is 0 Å². The van der Waals surface area contributed by atoms with Crippen LogP contribution < -0.4 is 4.74 Å². The summed E-state index contributed by atoms with van der Waals surface area (Å²) in [6, 6.07) is 11.2. The highest BCUT2D eigenvalue weighted by molar-refractivity contribution is 6.31. The molecule has 90 valence electrons. The van der Waals surface area contributed by atoms with Gasteiger partial charge in [-0.15, -0.1) is 0 Å². The molecule has 0 fully saturated rings. The van der Waals surface area contributed by atoms with Crippen LogP contribution in [0.2, 0.25) is 5.02 Å². The van der Waals surface area contributed by atoms with E-state index in [1.165, 1.54) is 0 Å². The summed E-state index contributed by atoms with van der Waals surface area (Å²) in [6.45, 7) is 2.60. The van der Waals surface area contributed by atoms with E-state index in [4.69, 9.17) is 16.3 Å². The fourth-order valence-electron chi connectivity index (χ4n) is 1.88. The average molecular weight is 259 g/mol. The molecule has 0 unspecified atom stereocenters. The molecule has 3 nitrogen and oxygen atoms in total. The molecule has 18 heavy (non-hydrogen) atoms. The Morgan fingerprint density at radius 3 is 2.33 bits per heavy atom. The summed E-state index contributed by atoms with van der Waals surface area (Å²) in [6.07, 6.45) is 0. The van der Waals surface area contributed by atoms with Crippen molar-refractivity contribution in [2.75, 3.05) is 6.61 Å². The molecule has 0 radical (unpaired) electrons. The lowest BCUT2D eigenvalue weighted by Gasteiger charge is -2.05. The summed E-state index contributed by atoms with van der Waals surface area (Å²) in [7, 11) is 0. The minimum atomic E-state index is 0.641. The van der Waals surface area contributed by atoms with Crippen LogP contribution in [0.3, 0.4) is 0 Å². The van der Waals surface area contributed by atoms with Crippen LogP contribution in [0.5, 0.6) is 5.75 Å². The zero-order chi connectivity index (χ0) is 12.5. The molecule has 0 aliphatic heterocycles. The van der Waals surface area contributed by atoms with Crippen molar-refractivity contribution in [3.63, 3.8) is 0 Å². The van der Waals surface area contributed by atoms with Crippen molar-refractivity contribution in [2.24, 2.45) is 0 Å². The van der Waals surface area contributed by atoms with Crippen LogP contribution in [0.15, 0.2) is 36.4 Å². The Labute approximate surface area is 109 Å². The van der Waals surface area contributed by atoms with Crippen LogP contribution in [-0.4, -0.2) is 16.6 Å². The molecule has 1 aromatic heterocycles. The predicted molar refractivity (Wildman–Crippen MR) is 73.2 cm³/mol. The van der Waals surface area contributed by atoms with E-state index in [0.29, 0.717) is 11.6 Å². The molecule has 3 rings (SSSR count). The molecule has 0 aliphatic carbocycles. The largest absolute Gasteiger partial charge is 0.494 e. The summed E-state index contributed by atoms with van der Waals surface area (Å²) in [5.41, 5.74) is 3.31. The highest BCUT2D eigenvalue weighted by atomic mass is 35.5. The van der Waals surface area contributed by atoms with Crippen molar-refractivity contribution in [1.82, 2.24) is 9.97 Å². The molecule has 0 aliphatic rings. The minimum absolute atomic E-state index is 0.641. The van der Waals surface area contributed by atoms with Crippen LogP contribution in [-0.2, 0) is 0 Å². The number of aromatic nitrogens is 2. The first-order valence-corrected chi connectivity index (χ1v) is 6.14. The van der Waals surface area contributed by atoms with Gasteiger partial charge in [-0.05, 0) is 37.3 Å². The Hall–Kier alpha value is -1.87. The van der Waals surface area contributed by atoms with Gasteiger partial charge in [0.2, 0.25) is 0 Å². The standard InChI is InChI=1S/C14H11ClN2O/c1-2-18-10-4-6-12-14(8-10)17-11-5-3-9(15)7-13(11)16-12/h3-8H,2H2,1H3. The van der Waals surface area contributed by atoms with E-state index in [2.05, 4.69) is 9.97 Å². The first-order valence-electron chi connectivity index (χ1n) is 5.76. The van der Waals surface area contributed by atoms with E-state index in [1.54, 1.807) is 0 Å². The molecule has 0 saturated carbocycles. The van der Waals surface area contributed by atoms with Gasteiger partial charge in [0, 0.05) is 11.1 Å². The summed E-state index contributed by atoms with van der Waals surface area (Å²) < 4.78 is 5.46. The second kappa shape index (κ2) is 4.42. The summed E-state index contributed by atoms with van der Waals surface area (Å²) >= 11 is 5.95. The fraction of sp³-hybridized carbons (Fsp3) is 0.143. The van der Waals surface area contributed by atoms with E-state index in [1.807, 2.05) is 43.3 Å². The minimum Gasteiger partial charge on any atom is -0.494 e. The molecule has 0 bridgehead atoms. The van der Waals surface area contributed by atoms with Crippen LogP contribution >= 0.6 is 11.6 Å². The number of fused-ring (bicyclic) bond motifs is 2. The maximum atomic E-state index is 5.95. The normalized spacial score (nSPS) is 11.0.